The average Bonchev–Trinajstić information content (AvgIpc) is 2.49. The van der Waals surface area contributed by atoms with Gasteiger partial charge < -0.3 is 10.4 Å². The molecule has 0 fully saturated rings. The van der Waals surface area contributed by atoms with Crippen molar-refractivity contribution in [2.75, 3.05) is 5.32 Å². The maximum absolute atomic E-state index is 11.4. The molecule has 2 aromatic rings. The van der Waals surface area contributed by atoms with Crippen molar-refractivity contribution in [2.45, 2.75) is 12.5 Å². The molecule has 0 radical (unpaired) electrons. The lowest BCUT2D eigenvalue weighted by Crippen LogP contribution is -2.31. The summed E-state index contributed by atoms with van der Waals surface area (Å²) >= 11 is 5.74. The number of nitrogens with one attached hydrogen (secondary N) is 1. The molecule has 2 N–H and O–H groups in total. The smallest absolute Gasteiger partial charge is 0.326 e. The van der Waals surface area contributed by atoms with Crippen LogP contribution in [0.3, 0.4) is 0 Å². The first-order valence-corrected chi connectivity index (χ1v) is 6.82. The predicted molar refractivity (Wildman–Crippen MR) is 83.3 cm³/mol. The van der Waals surface area contributed by atoms with Gasteiger partial charge in [-0.2, -0.15) is 0 Å². The third kappa shape index (κ3) is 3.95. The number of carboxylic acids is 1. The van der Waals surface area contributed by atoms with Gasteiger partial charge in [0.15, 0.2) is 0 Å². The van der Waals surface area contributed by atoms with Crippen LogP contribution in [0.15, 0.2) is 48.5 Å². The Morgan fingerprint density at radius 2 is 1.95 bits per heavy atom. The highest BCUT2D eigenvalue weighted by Gasteiger charge is 2.22. The molecule has 22 heavy (non-hydrogen) atoms. The van der Waals surface area contributed by atoms with Crippen LogP contribution in [-0.2, 0) is 11.2 Å². The van der Waals surface area contributed by atoms with Crippen molar-refractivity contribution in [3.63, 3.8) is 0 Å². The summed E-state index contributed by atoms with van der Waals surface area (Å²) in [7, 11) is 0. The third-order valence-electron chi connectivity index (χ3n) is 3.07. The van der Waals surface area contributed by atoms with Crippen LogP contribution in [0, 0.1) is 10.1 Å². The van der Waals surface area contributed by atoms with E-state index in [2.05, 4.69) is 5.32 Å². The molecular weight excluding hydrogens is 308 g/mol. The normalized spacial score (nSPS) is 11.7. The van der Waals surface area contributed by atoms with E-state index in [1.165, 1.54) is 18.2 Å². The number of nitro groups is 1. The average molecular weight is 321 g/mol. The standard InChI is InChI=1S/C15H13ClN2O4/c16-11-6-7-12(14(9-11)18(21)22)17-13(15(19)20)8-10-4-2-1-3-5-10/h1-7,9,13,17H,8H2,(H,19,20)/t13-/m0/s1. The lowest BCUT2D eigenvalue weighted by atomic mass is 10.1. The Morgan fingerprint density at radius 1 is 1.27 bits per heavy atom. The summed E-state index contributed by atoms with van der Waals surface area (Å²) < 4.78 is 0. The first-order chi connectivity index (χ1) is 10.5. The van der Waals surface area contributed by atoms with Crippen LogP contribution in [-0.4, -0.2) is 22.0 Å². The molecule has 0 amide bonds. The molecule has 2 rings (SSSR count). The third-order valence-corrected chi connectivity index (χ3v) is 3.30. The summed E-state index contributed by atoms with van der Waals surface area (Å²) in [5.74, 6) is -1.09. The zero-order valence-electron chi connectivity index (χ0n) is 11.4. The van der Waals surface area contributed by atoms with Gasteiger partial charge in [0.2, 0.25) is 0 Å². The van der Waals surface area contributed by atoms with Crippen molar-refractivity contribution < 1.29 is 14.8 Å². The van der Waals surface area contributed by atoms with E-state index < -0.39 is 16.9 Å². The van der Waals surface area contributed by atoms with Crippen molar-refractivity contribution in [1.82, 2.24) is 0 Å². The number of benzene rings is 2. The fourth-order valence-electron chi connectivity index (χ4n) is 2.02. The van der Waals surface area contributed by atoms with Gasteiger partial charge in [0.1, 0.15) is 11.7 Å². The number of hydrogen-bond donors (Lipinski definition) is 2. The maximum atomic E-state index is 11.4. The van der Waals surface area contributed by atoms with E-state index in [4.69, 9.17) is 11.6 Å². The lowest BCUT2D eigenvalue weighted by Gasteiger charge is -2.16. The molecule has 0 aromatic heterocycles. The Labute approximate surface area is 131 Å². The van der Waals surface area contributed by atoms with Gasteiger partial charge in [-0.3, -0.25) is 10.1 Å². The first kappa shape index (κ1) is 15.8. The molecule has 0 bridgehead atoms. The van der Waals surface area contributed by atoms with Gasteiger partial charge in [-0.1, -0.05) is 41.9 Å². The van der Waals surface area contributed by atoms with Gasteiger partial charge in [-0.05, 0) is 17.7 Å². The number of nitrogens with zero attached hydrogens (tertiary/aromatic N) is 1. The van der Waals surface area contributed by atoms with Crippen molar-refractivity contribution in [3.8, 4) is 0 Å². The SMILES string of the molecule is O=C(O)[C@H](Cc1ccccc1)Nc1ccc(Cl)cc1[N+](=O)[O-]. The Kier molecular flexibility index (Phi) is 4.95. The van der Waals surface area contributed by atoms with E-state index in [-0.39, 0.29) is 22.8 Å². The summed E-state index contributed by atoms with van der Waals surface area (Å²) in [5, 5.41) is 23.3. The zero-order chi connectivity index (χ0) is 16.1. The molecular formula is C15H13ClN2O4. The number of aliphatic carboxylic acids is 1. The number of halogens is 1. The van der Waals surface area contributed by atoms with Crippen LogP contribution in [0.2, 0.25) is 5.02 Å². The number of rotatable bonds is 6. The molecule has 0 heterocycles. The zero-order valence-corrected chi connectivity index (χ0v) is 12.2. The Bertz CT molecular complexity index is 691. The summed E-state index contributed by atoms with van der Waals surface area (Å²) in [6.07, 6.45) is 0.204. The van der Waals surface area contributed by atoms with Gasteiger partial charge in [0.25, 0.3) is 5.69 Å². The van der Waals surface area contributed by atoms with Gasteiger partial charge in [0, 0.05) is 17.5 Å². The van der Waals surface area contributed by atoms with E-state index in [9.17, 15) is 20.0 Å². The molecule has 6 nitrogen and oxygen atoms in total. The van der Waals surface area contributed by atoms with E-state index in [0.29, 0.717) is 0 Å². The van der Waals surface area contributed by atoms with Gasteiger partial charge in [-0.25, -0.2) is 4.79 Å². The Balaban J connectivity index is 2.25. The van der Waals surface area contributed by atoms with E-state index in [1.807, 2.05) is 6.07 Å². The van der Waals surface area contributed by atoms with Gasteiger partial charge in [-0.15, -0.1) is 0 Å². The second kappa shape index (κ2) is 6.91. The minimum Gasteiger partial charge on any atom is -0.480 e. The minimum atomic E-state index is -1.09. The highest BCUT2D eigenvalue weighted by Crippen LogP contribution is 2.28. The fourth-order valence-corrected chi connectivity index (χ4v) is 2.18. The number of nitro benzene ring substituents is 1. The predicted octanol–water partition coefficient (Wildman–Crippen LogP) is 3.36. The molecule has 2 aromatic carbocycles. The monoisotopic (exact) mass is 320 g/mol. The number of carboxylic acid groups (broad SMARTS) is 1. The molecule has 0 unspecified atom stereocenters. The maximum Gasteiger partial charge on any atom is 0.326 e. The van der Waals surface area contributed by atoms with Crippen molar-refractivity contribution in [3.05, 3.63) is 69.2 Å². The van der Waals surface area contributed by atoms with Crippen molar-refractivity contribution >= 4 is 28.9 Å². The summed E-state index contributed by atoms with van der Waals surface area (Å²) in [6.45, 7) is 0. The second-order valence-corrected chi connectivity index (χ2v) is 5.08. The molecule has 0 spiro atoms. The summed E-state index contributed by atoms with van der Waals surface area (Å²) in [4.78, 5) is 21.8. The largest absolute Gasteiger partial charge is 0.480 e. The second-order valence-electron chi connectivity index (χ2n) is 4.64. The van der Waals surface area contributed by atoms with Crippen LogP contribution < -0.4 is 5.32 Å². The molecule has 0 aliphatic rings. The van der Waals surface area contributed by atoms with E-state index in [0.717, 1.165) is 5.56 Å². The minimum absolute atomic E-state index is 0.123. The fraction of sp³-hybridized carbons (Fsp3) is 0.133. The molecule has 114 valence electrons. The molecule has 1 atom stereocenters. The Morgan fingerprint density at radius 3 is 2.55 bits per heavy atom. The molecule has 0 saturated heterocycles. The van der Waals surface area contributed by atoms with Crippen LogP contribution in [0.4, 0.5) is 11.4 Å². The van der Waals surface area contributed by atoms with Crippen LogP contribution >= 0.6 is 11.6 Å². The number of hydrogen-bond acceptors (Lipinski definition) is 4. The Hall–Kier alpha value is -2.60. The number of anilines is 1. The summed E-state index contributed by atoms with van der Waals surface area (Å²) in [5.41, 5.74) is 0.684. The number of carbonyl (C=O) groups is 1. The molecule has 7 heteroatoms. The van der Waals surface area contributed by atoms with Crippen molar-refractivity contribution in [2.24, 2.45) is 0 Å². The van der Waals surface area contributed by atoms with Crippen LogP contribution in [0.1, 0.15) is 5.56 Å². The molecule has 0 saturated carbocycles. The quantitative estimate of drug-likeness (QED) is 0.629. The highest BCUT2D eigenvalue weighted by molar-refractivity contribution is 6.30. The summed E-state index contributed by atoms with van der Waals surface area (Å²) in [6, 6.07) is 12.1. The van der Waals surface area contributed by atoms with Crippen LogP contribution in [0.5, 0.6) is 0 Å². The van der Waals surface area contributed by atoms with Gasteiger partial charge in [0.05, 0.1) is 4.92 Å². The lowest BCUT2D eigenvalue weighted by molar-refractivity contribution is -0.384. The van der Waals surface area contributed by atoms with Gasteiger partial charge >= 0.3 is 5.97 Å². The van der Waals surface area contributed by atoms with Crippen LogP contribution in [0.25, 0.3) is 0 Å². The van der Waals surface area contributed by atoms with Crippen molar-refractivity contribution in [1.29, 1.82) is 0 Å². The van der Waals surface area contributed by atoms with E-state index in [1.54, 1.807) is 24.3 Å². The highest BCUT2D eigenvalue weighted by atomic mass is 35.5. The van der Waals surface area contributed by atoms with E-state index >= 15 is 0 Å². The topological polar surface area (TPSA) is 92.5 Å². The first-order valence-electron chi connectivity index (χ1n) is 6.44. The molecule has 0 aliphatic heterocycles. The molecule has 0 aliphatic carbocycles.